The van der Waals surface area contributed by atoms with E-state index < -0.39 is 0 Å². The first-order chi connectivity index (χ1) is 8.69. The van der Waals surface area contributed by atoms with Gasteiger partial charge in [-0.2, -0.15) is 9.97 Å². The summed E-state index contributed by atoms with van der Waals surface area (Å²) in [6.07, 6.45) is 0. The molecule has 1 aromatic heterocycles. The van der Waals surface area contributed by atoms with E-state index in [9.17, 15) is 0 Å². The summed E-state index contributed by atoms with van der Waals surface area (Å²) in [6, 6.07) is 8.89. The highest BCUT2D eigenvalue weighted by Gasteiger charge is 2.06. The van der Waals surface area contributed by atoms with Crippen molar-refractivity contribution < 1.29 is 9.47 Å². The van der Waals surface area contributed by atoms with Crippen LogP contribution in [0.1, 0.15) is 12.7 Å². The molecule has 2 N–H and O–H groups in total. The summed E-state index contributed by atoms with van der Waals surface area (Å²) in [6.45, 7) is 4.22. The van der Waals surface area contributed by atoms with Crippen molar-refractivity contribution in [2.24, 2.45) is 0 Å². The Balaban J connectivity index is 2.26. The molecule has 2 aromatic rings. The predicted octanol–water partition coefficient (Wildman–Crippen LogP) is 2.56. The van der Waals surface area contributed by atoms with Gasteiger partial charge >= 0.3 is 0 Å². The van der Waals surface area contributed by atoms with Crippen molar-refractivity contribution in [2.75, 3.05) is 12.3 Å². The van der Waals surface area contributed by atoms with E-state index in [1.54, 1.807) is 25.1 Å². The Labute approximate surface area is 106 Å². The summed E-state index contributed by atoms with van der Waals surface area (Å²) in [4.78, 5) is 8.33. The third-order valence-corrected chi connectivity index (χ3v) is 2.22. The lowest BCUT2D eigenvalue weighted by molar-refractivity contribution is 0.321. The first kappa shape index (κ1) is 12.2. The number of rotatable bonds is 4. The maximum absolute atomic E-state index is 5.80. The van der Waals surface area contributed by atoms with E-state index in [0.717, 1.165) is 0 Å². The number of benzene rings is 1. The van der Waals surface area contributed by atoms with Crippen LogP contribution in [-0.4, -0.2) is 16.6 Å². The number of para-hydroxylation sites is 2. The van der Waals surface area contributed by atoms with Crippen LogP contribution in [0.2, 0.25) is 0 Å². The van der Waals surface area contributed by atoms with Gasteiger partial charge in [-0.05, 0) is 26.0 Å². The Morgan fingerprint density at radius 3 is 2.61 bits per heavy atom. The van der Waals surface area contributed by atoms with Gasteiger partial charge < -0.3 is 15.2 Å². The van der Waals surface area contributed by atoms with Crippen LogP contribution in [0.25, 0.3) is 0 Å². The number of hydrogen-bond acceptors (Lipinski definition) is 5. The monoisotopic (exact) mass is 245 g/mol. The minimum absolute atomic E-state index is 0.420. The van der Waals surface area contributed by atoms with Crippen molar-refractivity contribution in [3.05, 3.63) is 36.2 Å². The minimum atomic E-state index is 0.420. The molecule has 0 aliphatic rings. The van der Waals surface area contributed by atoms with Crippen LogP contribution in [0.3, 0.4) is 0 Å². The van der Waals surface area contributed by atoms with Crippen LogP contribution >= 0.6 is 0 Å². The smallest absolute Gasteiger partial charge is 0.226 e. The first-order valence-corrected chi connectivity index (χ1v) is 5.70. The molecule has 0 spiro atoms. The van der Waals surface area contributed by atoms with Crippen molar-refractivity contribution >= 4 is 5.69 Å². The van der Waals surface area contributed by atoms with E-state index in [-0.39, 0.29) is 0 Å². The molecule has 0 aliphatic carbocycles. The van der Waals surface area contributed by atoms with Gasteiger partial charge in [-0.15, -0.1) is 0 Å². The standard InChI is InChI=1S/C13H15N3O2/c1-3-17-12-8-13(16-9(2)15-12)18-11-7-5-4-6-10(11)14/h4-8H,3,14H2,1-2H3. The number of nitrogens with two attached hydrogens (primary N) is 1. The quantitative estimate of drug-likeness (QED) is 0.838. The molecule has 0 aliphatic heterocycles. The maximum atomic E-state index is 5.80. The van der Waals surface area contributed by atoms with Crippen molar-refractivity contribution in [1.29, 1.82) is 0 Å². The van der Waals surface area contributed by atoms with Crippen molar-refractivity contribution in [3.8, 4) is 17.5 Å². The molecular formula is C13H15N3O2. The maximum Gasteiger partial charge on any atom is 0.226 e. The molecule has 0 radical (unpaired) electrons. The average molecular weight is 245 g/mol. The average Bonchev–Trinajstić information content (AvgIpc) is 2.32. The Hall–Kier alpha value is -2.30. The fourth-order valence-corrected chi connectivity index (χ4v) is 1.47. The Morgan fingerprint density at radius 1 is 1.17 bits per heavy atom. The highest BCUT2D eigenvalue weighted by molar-refractivity contribution is 5.53. The number of ether oxygens (including phenoxy) is 2. The Morgan fingerprint density at radius 2 is 1.89 bits per heavy atom. The third kappa shape index (κ3) is 2.88. The lowest BCUT2D eigenvalue weighted by Crippen LogP contribution is -2.00. The van der Waals surface area contributed by atoms with Crippen molar-refractivity contribution in [3.63, 3.8) is 0 Å². The second-order valence-corrected chi connectivity index (χ2v) is 3.66. The molecule has 2 rings (SSSR count). The molecule has 94 valence electrons. The lowest BCUT2D eigenvalue weighted by atomic mass is 10.3. The van der Waals surface area contributed by atoms with Crippen molar-refractivity contribution in [1.82, 2.24) is 9.97 Å². The summed E-state index contributed by atoms with van der Waals surface area (Å²) in [5.74, 6) is 2.07. The van der Waals surface area contributed by atoms with Gasteiger partial charge in [0.1, 0.15) is 5.82 Å². The molecule has 0 saturated heterocycles. The lowest BCUT2D eigenvalue weighted by Gasteiger charge is -2.09. The van der Waals surface area contributed by atoms with E-state index in [1.807, 2.05) is 19.1 Å². The fraction of sp³-hybridized carbons (Fsp3) is 0.231. The second kappa shape index (κ2) is 5.35. The van der Waals surface area contributed by atoms with Gasteiger partial charge in [0, 0.05) is 0 Å². The van der Waals surface area contributed by atoms with E-state index in [0.29, 0.717) is 35.6 Å². The summed E-state index contributed by atoms with van der Waals surface area (Å²) in [7, 11) is 0. The number of aryl methyl sites for hydroxylation is 1. The molecule has 5 nitrogen and oxygen atoms in total. The molecule has 1 aromatic carbocycles. The molecule has 0 bridgehead atoms. The fourth-order valence-electron chi connectivity index (χ4n) is 1.47. The molecule has 0 fully saturated rings. The summed E-state index contributed by atoms with van der Waals surface area (Å²) >= 11 is 0. The molecule has 0 saturated carbocycles. The zero-order chi connectivity index (χ0) is 13.0. The van der Waals surface area contributed by atoms with Crippen LogP contribution in [0.4, 0.5) is 5.69 Å². The van der Waals surface area contributed by atoms with Crippen LogP contribution < -0.4 is 15.2 Å². The summed E-state index contributed by atoms with van der Waals surface area (Å²) in [5.41, 5.74) is 6.37. The van der Waals surface area contributed by atoms with E-state index in [4.69, 9.17) is 15.2 Å². The topological polar surface area (TPSA) is 70.3 Å². The molecular weight excluding hydrogens is 230 g/mol. The molecule has 5 heteroatoms. The Kier molecular flexibility index (Phi) is 3.62. The first-order valence-electron chi connectivity index (χ1n) is 5.70. The number of anilines is 1. The number of aromatic nitrogens is 2. The largest absolute Gasteiger partial charge is 0.478 e. The summed E-state index contributed by atoms with van der Waals surface area (Å²) < 4.78 is 11.0. The van der Waals surface area contributed by atoms with Crippen LogP contribution in [-0.2, 0) is 0 Å². The zero-order valence-electron chi connectivity index (χ0n) is 10.4. The van der Waals surface area contributed by atoms with E-state index in [1.165, 1.54) is 0 Å². The molecule has 0 unspecified atom stereocenters. The van der Waals surface area contributed by atoms with Gasteiger partial charge in [-0.1, -0.05) is 12.1 Å². The number of nitrogens with zero attached hydrogens (tertiary/aromatic N) is 2. The predicted molar refractivity (Wildman–Crippen MR) is 68.9 cm³/mol. The normalized spacial score (nSPS) is 10.1. The van der Waals surface area contributed by atoms with Crippen LogP contribution in [0.5, 0.6) is 17.5 Å². The van der Waals surface area contributed by atoms with E-state index in [2.05, 4.69) is 9.97 Å². The van der Waals surface area contributed by atoms with Crippen LogP contribution in [0.15, 0.2) is 30.3 Å². The highest BCUT2D eigenvalue weighted by atomic mass is 16.5. The summed E-state index contributed by atoms with van der Waals surface area (Å²) in [5, 5.41) is 0. The third-order valence-electron chi connectivity index (χ3n) is 2.22. The second-order valence-electron chi connectivity index (χ2n) is 3.66. The van der Waals surface area contributed by atoms with Gasteiger partial charge in [-0.3, -0.25) is 0 Å². The molecule has 0 amide bonds. The van der Waals surface area contributed by atoms with E-state index >= 15 is 0 Å². The van der Waals surface area contributed by atoms with Gasteiger partial charge in [0.05, 0.1) is 18.4 Å². The zero-order valence-corrected chi connectivity index (χ0v) is 10.4. The van der Waals surface area contributed by atoms with Gasteiger partial charge in [0.25, 0.3) is 0 Å². The molecule has 18 heavy (non-hydrogen) atoms. The molecule has 1 heterocycles. The highest BCUT2D eigenvalue weighted by Crippen LogP contribution is 2.27. The van der Waals surface area contributed by atoms with Gasteiger partial charge in [0.15, 0.2) is 5.75 Å². The van der Waals surface area contributed by atoms with Crippen LogP contribution in [0, 0.1) is 6.92 Å². The van der Waals surface area contributed by atoms with Gasteiger partial charge in [0.2, 0.25) is 11.8 Å². The number of nitrogen functional groups attached to an aromatic ring is 1. The Bertz CT molecular complexity index is 544. The van der Waals surface area contributed by atoms with Crippen molar-refractivity contribution in [2.45, 2.75) is 13.8 Å². The van der Waals surface area contributed by atoms with Gasteiger partial charge in [-0.25, -0.2) is 0 Å². The number of hydrogen-bond donors (Lipinski definition) is 1. The molecule has 0 atom stereocenters. The SMILES string of the molecule is CCOc1cc(Oc2ccccc2N)nc(C)n1. The minimum Gasteiger partial charge on any atom is -0.478 e.